The molecule has 148 valence electrons. The van der Waals surface area contributed by atoms with Crippen molar-refractivity contribution in [2.75, 3.05) is 20.4 Å². The molecule has 9 heteroatoms. The number of methoxy groups -OCH3 is 1. The molecule has 8 nitrogen and oxygen atoms in total. The van der Waals surface area contributed by atoms with E-state index in [4.69, 9.17) is 9.57 Å². The molecular weight excluding hydrogens is 374 g/mol. The van der Waals surface area contributed by atoms with E-state index in [9.17, 15) is 23.1 Å². The van der Waals surface area contributed by atoms with E-state index in [1.54, 1.807) is 6.92 Å². The third-order valence-electron chi connectivity index (χ3n) is 4.39. The smallest absolute Gasteiger partial charge is 0.284 e. The summed E-state index contributed by atoms with van der Waals surface area (Å²) < 4.78 is 29.1. The number of carbonyl (C=O) groups is 2. The fraction of sp³-hybridized carbons (Fsp3) is 0.444. The Kier molecular flexibility index (Phi) is 5.51. The summed E-state index contributed by atoms with van der Waals surface area (Å²) in [5.74, 6) is -1.97. The average molecular weight is 397 g/mol. The number of nitrogens with zero attached hydrogens (tertiary/aromatic N) is 1. The SMILES string of the molecule is COCc1c(S(C)(=O)=O)ccc(C(=O)C2=C(O)C(C)(C)ON(C)C2=O)c1C. The summed E-state index contributed by atoms with van der Waals surface area (Å²) in [6, 6.07) is 2.64. The van der Waals surface area contributed by atoms with E-state index in [0.717, 1.165) is 11.3 Å². The maximum Gasteiger partial charge on any atom is 0.284 e. The van der Waals surface area contributed by atoms with Gasteiger partial charge in [0.05, 0.1) is 11.5 Å². The molecule has 0 spiro atoms. The monoisotopic (exact) mass is 397 g/mol. The van der Waals surface area contributed by atoms with Gasteiger partial charge in [-0.2, -0.15) is 0 Å². The van der Waals surface area contributed by atoms with Gasteiger partial charge < -0.3 is 9.84 Å². The third kappa shape index (κ3) is 3.76. The van der Waals surface area contributed by atoms with E-state index >= 15 is 0 Å². The standard InChI is InChI=1S/C18H23NO7S/c1-10-11(7-8-13(27(6,23)24)12(10)9-25-5)15(20)14-16(21)18(2,3)26-19(4)17(14)22/h7-8,21H,9H2,1-6H3. The molecule has 0 atom stereocenters. The Morgan fingerprint density at radius 2 is 1.93 bits per heavy atom. The van der Waals surface area contributed by atoms with Crippen molar-refractivity contribution in [2.45, 2.75) is 37.9 Å². The van der Waals surface area contributed by atoms with E-state index in [2.05, 4.69) is 0 Å². The quantitative estimate of drug-likeness (QED) is 0.595. The van der Waals surface area contributed by atoms with Crippen molar-refractivity contribution in [2.24, 2.45) is 0 Å². The number of ketones is 1. The summed E-state index contributed by atoms with van der Waals surface area (Å²) in [7, 11) is -0.785. The molecule has 1 aliphatic rings. The number of hydrogen-bond acceptors (Lipinski definition) is 7. The highest BCUT2D eigenvalue weighted by Crippen LogP contribution is 2.32. The maximum atomic E-state index is 13.1. The zero-order valence-corrected chi connectivity index (χ0v) is 16.9. The van der Waals surface area contributed by atoms with Gasteiger partial charge in [0.2, 0.25) is 5.78 Å². The summed E-state index contributed by atoms with van der Waals surface area (Å²) >= 11 is 0. The lowest BCUT2D eigenvalue weighted by atomic mass is 9.90. The fourth-order valence-corrected chi connectivity index (χ4v) is 3.95. The van der Waals surface area contributed by atoms with Crippen LogP contribution in [-0.4, -0.2) is 56.3 Å². The molecule has 1 N–H and O–H groups in total. The second kappa shape index (κ2) is 7.06. The largest absolute Gasteiger partial charge is 0.508 e. The zero-order chi connectivity index (χ0) is 20.7. The molecule has 0 radical (unpaired) electrons. The first kappa shape index (κ1) is 21.1. The first-order valence-electron chi connectivity index (χ1n) is 8.10. The van der Waals surface area contributed by atoms with Crippen LogP contribution in [0.2, 0.25) is 0 Å². The molecule has 0 saturated carbocycles. The second-order valence-electron chi connectivity index (χ2n) is 6.88. The van der Waals surface area contributed by atoms with Crippen LogP contribution >= 0.6 is 0 Å². The maximum absolute atomic E-state index is 13.1. The predicted octanol–water partition coefficient (Wildman–Crippen LogP) is 1.72. The molecular formula is C18H23NO7S. The molecule has 0 aliphatic carbocycles. The van der Waals surface area contributed by atoms with E-state index in [1.165, 1.54) is 40.1 Å². The highest BCUT2D eigenvalue weighted by molar-refractivity contribution is 7.90. The predicted molar refractivity (Wildman–Crippen MR) is 96.9 cm³/mol. The number of ether oxygens (including phenoxy) is 1. The van der Waals surface area contributed by atoms with Crippen molar-refractivity contribution in [3.05, 3.63) is 40.2 Å². The van der Waals surface area contributed by atoms with Crippen LogP contribution in [-0.2, 0) is 30.8 Å². The fourth-order valence-electron chi connectivity index (χ4n) is 2.98. The Bertz CT molecular complexity index is 945. The minimum atomic E-state index is -3.54. The van der Waals surface area contributed by atoms with Crippen molar-refractivity contribution in [3.63, 3.8) is 0 Å². The summed E-state index contributed by atoms with van der Waals surface area (Å²) in [4.78, 5) is 30.9. The summed E-state index contributed by atoms with van der Waals surface area (Å²) in [5.41, 5.74) is -0.866. The third-order valence-corrected chi connectivity index (χ3v) is 5.57. The van der Waals surface area contributed by atoms with Crippen LogP contribution in [0.1, 0.15) is 35.3 Å². The van der Waals surface area contributed by atoms with Gasteiger partial charge >= 0.3 is 0 Å². The van der Waals surface area contributed by atoms with Crippen LogP contribution < -0.4 is 0 Å². The topological polar surface area (TPSA) is 110 Å². The van der Waals surface area contributed by atoms with Crippen LogP contribution in [0.3, 0.4) is 0 Å². The number of carbonyl (C=O) groups excluding carboxylic acids is 2. The normalized spacial score (nSPS) is 17.4. The van der Waals surface area contributed by atoms with Crippen LogP contribution in [0.15, 0.2) is 28.4 Å². The van der Waals surface area contributed by atoms with Crippen molar-refractivity contribution < 1.29 is 32.7 Å². The van der Waals surface area contributed by atoms with Gasteiger partial charge in [0.1, 0.15) is 16.9 Å². The Labute approximate surface area is 158 Å². The molecule has 27 heavy (non-hydrogen) atoms. The summed E-state index contributed by atoms with van der Waals surface area (Å²) in [5, 5.41) is 11.3. The lowest BCUT2D eigenvalue weighted by molar-refractivity contribution is -0.222. The van der Waals surface area contributed by atoms with Crippen molar-refractivity contribution in [1.29, 1.82) is 0 Å². The van der Waals surface area contributed by atoms with E-state index in [1.807, 2.05) is 0 Å². The number of aliphatic hydroxyl groups excluding tert-OH is 1. The van der Waals surface area contributed by atoms with Crippen molar-refractivity contribution in [1.82, 2.24) is 5.06 Å². The van der Waals surface area contributed by atoms with E-state index in [0.29, 0.717) is 11.1 Å². The molecule has 0 bridgehead atoms. The number of aliphatic hydroxyl groups is 1. The number of hydrogen-bond donors (Lipinski definition) is 1. The van der Waals surface area contributed by atoms with Crippen LogP contribution in [0, 0.1) is 6.92 Å². The van der Waals surface area contributed by atoms with Crippen molar-refractivity contribution in [3.8, 4) is 0 Å². The van der Waals surface area contributed by atoms with E-state index < -0.39 is 38.5 Å². The molecule has 1 aromatic rings. The molecule has 0 aromatic heterocycles. The lowest BCUT2D eigenvalue weighted by Crippen LogP contribution is -2.47. The van der Waals surface area contributed by atoms with Gasteiger partial charge in [0.25, 0.3) is 5.91 Å². The molecule has 1 heterocycles. The molecule has 1 aliphatic heterocycles. The molecule has 1 aromatic carbocycles. The Hall–Kier alpha value is -2.23. The highest BCUT2D eigenvalue weighted by atomic mass is 32.2. The minimum absolute atomic E-state index is 0.0250. The average Bonchev–Trinajstić information content (AvgIpc) is 2.53. The van der Waals surface area contributed by atoms with E-state index in [-0.39, 0.29) is 17.1 Å². The molecule has 0 unspecified atom stereocenters. The van der Waals surface area contributed by atoms with Gasteiger partial charge in [-0.3, -0.25) is 14.4 Å². The minimum Gasteiger partial charge on any atom is -0.508 e. The van der Waals surface area contributed by atoms with Gasteiger partial charge in [0, 0.05) is 26.0 Å². The van der Waals surface area contributed by atoms with Gasteiger partial charge in [0.15, 0.2) is 9.84 Å². The Morgan fingerprint density at radius 1 is 1.33 bits per heavy atom. The Morgan fingerprint density at radius 3 is 2.44 bits per heavy atom. The zero-order valence-electron chi connectivity index (χ0n) is 16.1. The van der Waals surface area contributed by atoms with Crippen LogP contribution in [0.25, 0.3) is 0 Å². The molecule has 2 rings (SSSR count). The summed E-state index contributed by atoms with van der Waals surface area (Å²) in [6.07, 6.45) is 1.07. The van der Waals surface area contributed by atoms with Crippen LogP contribution in [0.5, 0.6) is 0 Å². The first-order chi connectivity index (χ1) is 12.3. The second-order valence-corrected chi connectivity index (χ2v) is 8.86. The number of likely N-dealkylation sites (N-methyl/N-ethyl adjacent to an activating group) is 1. The molecule has 1 amide bonds. The number of rotatable bonds is 5. The number of Topliss-reactive ketones (excluding diaryl/α,β-unsaturated/α-hetero) is 1. The molecule has 0 fully saturated rings. The number of amides is 1. The number of sulfone groups is 1. The van der Waals surface area contributed by atoms with Gasteiger partial charge in [-0.15, -0.1) is 0 Å². The van der Waals surface area contributed by atoms with Gasteiger partial charge in [-0.25, -0.2) is 13.5 Å². The lowest BCUT2D eigenvalue weighted by Gasteiger charge is -2.35. The number of benzene rings is 1. The molecule has 0 saturated heterocycles. The number of hydroxylamine groups is 2. The van der Waals surface area contributed by atoms with Crippen molar-refractivity contribution >= 4 is 21.5 Å². The van der Waals surface area contributed by atoms with Gasteiger partial charge in [-0.1, -0.05) is 0 Å². The summed E-state index contributed by atoms with van der Waals surface area (Å²) in [6.45, 7) is 4.60. The van der Waals surface area contributed by atoms with Gasteiger partial charge in [-0.05, 0) is 44.0 Å². The first-order valence-corrected chi connectivity index (χ1v) is 9.99. The Balaban J connectivity index is 2.70. The van der Waals surface area contributed by atoms with Crippen LogP contribution in [0.4, 0.5) is 0 Å². The highest BCUT2D eigenvalue weighted by Gasteiger charge is 2.42.